The van der Waals surface area contributed by atoms with E-state index in [1.807, 2.05) is 13.8 Å². The molecule has 210 valence electrons. The summed E-state index contributed by atoms with van der Waals surface area (Å²) in [6.45, 7) is 11.9. The van der Waals surface area contributed by atoms with Gasteiger partial charge in [0.2, 0.25) is 5.75 Å². The minimum absolute atomic E-state index is 0.0156. The summed E-state index contributed by atoms with van der Waals surface area (Å²) < 4.78 is 58.4. The highest BCUT2D eigenvalue weighted by molar-refractivity contribution is 7.92. The van der Waals surface area contributed by atoms with Crippen LogP contribution in [0.2, 0.25) is 0 Å². The molecule has 0 amide bonds. The molecule has 1 unspecified atom stereocenters. The molecule has 2 aromatic carbocycles. The lowest BCUT2D eigenvalue weighted by atomic mass is 9.87. The fourth-order valence-electron chi connectivity index (χ4n) is 3.95. The van der Waals surface area contributed by atoms with E-state index in [2.05, 4.69) is 35.5 Å². The summed E-state index contributed by atoms with van der Waals surface area (Å²) in [5.41, 5.74) is 0.890. The predicted octanol–water partition coefficient (Wildman–Crippen LogP) is 5.21. The van der Waals surface area contributed by atoms with Crippen LogP contribution in [0.3, 0.4) is 0 Å². The first kappa shape index (κ1) is 28.6. The average molecular weight is 558 g/mol. The summed E-state index contributed by atoms with van der Waals surface area (Å²) in [7, 11) is -2.53. The third-order valence-electron chi connectivity index (χ3n) is 5.96. The molecule has 3 aromatic rings. The van der Waals surface area contributed by atoms with Crippen LogP contribution in [0.1, 0.15) is 46.0 Å². The molecule has 2 heterocycles. The third-order valence-corrected chi connectivity index (χ3v) is 7.32. The lowest BCUT2D eigenvalue weighted by Gasteiger charge is -2.20. The van der Waals surface area contributed by atoms with Crippen LogP contribution in [-0.2, 0) is 24.9 Å². The van der Waals surface area contributed by atoms with Crippen molar-refractivity contribution in [2.45, 2.75) is 63.7 Å². The Balaban J connectivity index is 1.70. The molecule has 0 radical (unpaired) electrons. The van der Waals surface area contributed by atoms with Gasteiger partial charge >= 0.3 is 0 Å². The van der Waals surface area contributed by atoms with Crippen LogP contribution in [0.25, 0.3) is 0 Å². The Morgan fingerprint density at radius 1 is 1.05 bits per heavy atom. The summed E-state index contributed by atoms with van der Waals surface area (Å²) in [6, 6.07) is 13.7. The minimum Gasteiger partial charge on any atom is -0.493 e. The zero-order valence-corrected chi connectivity index (χ0v) is 24.1. The maximum Gasteiger partial charge on any atom is 0.263 e. The van der Waals surface area contributed by atoms with Crippen LogP contribution in [0.4, 0.5) is 5.82 Å². The van der Waals surface area contributed by atoms with Crippen molar-refractivity contribution in [2.24, 2.45) is 0 Å². The minimum atomic E-state index is -4.04. The number of ether oxygens (including phenoxy) is 5. The predicted molar refractivity (Wildman–Crippen MR) is 146 cm³/mol. The molecular formula is C28H35N3O7S. The summed E-state index contributed by atoms with van der Waals surface area (Å²) in [6.07, 6.45) is -0.351. The molecule has 11 heteroatoms. The first-order chi connectivity index (χ1) is 18.3. The van der Waals surface area contributed by atoms with Gasteiger partial charge in [0.25, 0.3) is 15.9 Å². The van der Waals surface area contributed by atoms with E-state index >= 15 is 0 Å². The lowest BCUT2D eigenvalue weighted by Crippen LogP contribution is -2.25. The van der Waals surface area contributed by atoms with Crippen LogP contribution in [0, 0.1) is 6.92 Å². The van der Waals surface area contributed by atoms with E-state index < -0.39 is 15.8 Å². The molecule has 10 nitrogen and oxygen atoms in total. The van der Waals surface area contributed by atoms with Crippen molar-refractivity contribution in [1.29, 1.82) is 0 Å². The van der Waals surface area contributed by atoms with Gasteiger partial charge in [-0.2, -0.15) is 4.98 Å². The number of nitrogens with one attached hydrogen (secondary N) is 1. The Bertz CT molecular complexity index is 1420. The van der Waals surface area contributed by atoms with Gasteiger partial charge in [-0.05, 0) is 56.0 Å². The van der Waals surface area contributed by atoms with E-state index in [0.717, 1.165) is 5.56 Å². The van der Waals surface area contributed by atoms with Gasteiger partial charge in [0, 0.05) is 0 Å². The van der Waals surface area contributed by atoms with Crippen LogP contribution in [-0.4, -0.2) is 50.6 Å². The Labute approximate surface area is 229 Å². The number of hydrogen-bond acceptors (Lipinski definition) is 9. The van der Waals surface area contributed by atoms with Crippen LogP contribution >= 0.6 is 0 Å². The number of para-hydroxylation sites is 2. The summed E-state index contributed by atoms with van der Waals surface area (Å²) in [5.74, 6) is 0.268. The standard InChI is InChI=1S/C28H35N3O7S/c1-18-29-25(31-39(32,33)21-14-12-19(13-15-21)27(2,3)4)24(37-23-11-9-8-10-22(23)34-7)26(30-18)35-16-20-17-36-28(5,6)38-20/h8-15,20H,16-17H2,1-7H3,(H,29,30,31). The third kappa shape index (κ3) is 6.97. The smallest absolute Gasteiger partial charge is 0.263 e. The van der Waals surface area contributed by atoms with Gasteiger partial charge in [-0.1, -0.05) is 45.0 Å². The number of rotatable bonds is 9. The number of sulfonamides is 1. The molecule has 1 aliphatic heterocycles. The summed E-state index contributed by atoms with van der Waals surface area (Å²) in [4.78, 5) is 8.83. The van der Waals surface area contributed by atoms with E-state index in [1.54, 1.807) is 55.5 Å². The van der Waals surface area contributed by atoms with Crippen molar-refractivity contribution < 1.29 is 32.1 Å². The number of benzene rings is 2. The molecule has 0 aliphatic carbocycles. The molecule has 39 heavy (non-hydrogen) atoms. The Kier molecular flexibility index (Phi) is 8.06. The molecule has 0 bridgehead atoms. The zero-order chi connectivity index (χ0) is 28.4. The molecule has 0 saturated carbocycles. The van der Waals surface area contributed by atoms with Crippen molar-refractivity contribution in [2.75, 3.05) is 25.0 Å². The van der Waals surface area contributed by atoms with Crippen LogP contribution < -0.4 is 18.9 Å². The Hall–Kier alpha value is -3.41. The SMILES string of the molecule is COc1ccccc1Oc1c(NS(=O)(=O)c2ccc(C(C)(C)C)cc2)nc(C)nc1OCC1COC(C)(C)O1. The van der Waals surface area contributed by atoms with Gasteiger partial charge in [-0.15, -0.1) is 0 Å². The molecular weight excluding hydrogens is 522 g/mol. The quantitative estimate of drug-likeness (QED) is 0.378. The van der Waals surface area contributed by atoms with E-state index in [4.69, 9.17) is 23.7 Å². The fourth-order valence-corrected chi connectivity index (χ4v) is 4.95. The number of hydrogen-bond donors (Lipinski definition) is 1. The summed E-state index contributed by atoms with van der Waals surface area (Å²) in [5, 5.41) is 0. The molecule has 4 rings (SSSR count). The zero-order valence-electron chi connectivity index (χ0n) is 23.3. The number of anilines is 1. The molecule has 1 N–H and O–H groups in total. The monoisotopic (exact) mass is 557 g/mol. The number of nitrogens with zero attached hydrogens (tertiary/aromatic N) is 2. The molecule has 1 fully saturated rings. The molecule has 1 saturated heterocycles. The van der Waals surface area contributed by atoms with Gasteiger partial charge in [-0.25, -0.2) is 13.4 Å². The highest BCUT2D eigenvalue weighted by Gasteiger charge is 2.34. The molecule has 1 aliphatic rings. The van der Waals surface area contributed by atoms with Gasteiger partial charge in [-0.3, -0.25) is 4.72 Å². The van der Waals surface area contributed by atoms with Crippen molar-refractivity contribution in [3.8, 4) is 23.1 Å². The highest BCUT2D eigenvalue weighted by Crippen LogP contribution is 2.40. The van der Waals surface area contributed by atoms with E-state index in [9.17, 15) is 8.42 Å². The van der Waals surface area contributed by atoms with Gasteiger partial charge in [0.15, 0.2) is 23.1 Å². The van der Waals surface area contributed by atoms with Crippen molar-refractivity contribution in [1.82, 2.24) is 9.97 Å². The first-order valence-electron chi connectivity index (χ1n) is 12.5. The van der Waals surface area contributed by atoms with E-state index in [0.29, 0.717) is 18.1 Å². The maximum absolute atomic E-state index is 13.4. The van der Waals surface area contributed by atoms with Crippen molar-refractivity contribution in [3.63, 3.8) is 0 Å². The fraction of sp³-hybridized carbons (Fsp3) is 0.429. The largest absolute Gasteiger partial charge is 0.493 e. The normalized spacial score (nSPS) is 17.1. The number of aromatic nitrogens is 2. The average Bonchev–Trinajstić information content (AvgIpc) is 3.22. The van der Waals surface area contributed by atoms with Gasteiger partial charge in [0.1, 0.15) is 18.5 Å². The lowest BCUT2D eigenvalue weighted by molar-refractivity contribution is -0.141. The summed E-state index contributed by atoms with van der Waals surface area (Å²) >= 11 is 0. The van der Waals surface area contributed by atoms with E-state index in [1.165, 1.54) is 7.11 Å². The highest BCUT2D eigenvalue weighted by atomic mass is 32.2. The molecule has 1 aromatic heterocycles. The van der Waals surface area contributed by atoms with Crippen LogP contribution in [0.5, 0.6) is 23.1 Å². The Morgan fingerprint density at radius 3 is 2.31 bits per heavy atom. The second-order valence-corrected chi connectivity index (χ2v) is 12.3. The first-order valence-corrected chi connectivity index (χ1v) is 14.0. The maximum atomic E-state index is 13.4. The van der Waals surface area contributed by atoms with E-state index in [-0.39, 0.29) is 46.3 Å². The van der Waals surface area contributed by atoms with Crippen LogP contribution in [0.15, 0.2) is 53.4 Å². The van der Waals surface area contributed by atoms with Crippen molar-refractivity contribution >= 4 is 15.8 Å². The van der Waals surface area contributed by atoms with Gasteiger partial charge in [0.05, 0.1) is 18.6 Å². The number of methoxy groups -OCH3 is 1. The van der Waals surface area contributed by atoms with Crippen molar-refractivity contribution in [3.05, 3.63) is 59.9 Å². The molecule has 1 atom stereocenters. The topological polar surface area (TPSA) is 118 Å². The second kappa shape index (κ2) is 11.0. The van der Waals surface area contributed by atoms with Gasteiger partial charge < -0.3 is 23.7 Å². The molecule has 0 spiro atoms. The number of aryl methyl sites for hydroxylation is 1. The second-order valence-electron chi connectivity index (χ2n) is 10.6. The Morgan fingerprint density at radius 2 is 1.72 bits per heavy atom.